The van der Waals surface area contributed by atoms with Crippen molar-refractivity contribution in [1.29, 1.82) is 5.26 Å². The van der Waals surface area contributed by atoms with Crippen LogP contribution in [0.2, 0.25) is 5.02 Å². The molecule has 0 fully saturated rings. The topological polar surface area (TPSA) is 99.5 Å². The smallest absolute Gasteiger partial charge is 0.357 e. The van der Waals surface area contributed by atoms with Crippen LogP contribution in [-0.2, 0) is 4.74 Å². The van der Waals surface area contributed by atoms with Crippen molar-refractivity contribution < 1.29 is 19.0 Å². The van der Waals surface area contributed by atoms with Crippen LogP contribution in [0.1, 0.15) is 16.1 Å². The number of nitrogens with two attached hydrogens (primary N) is 1. The minimum absolute atomic E-state index is 0.0172. The summed E-state index contributed by atoms with van der Waals surface area (Å²) >= 11 is 6.15. The standard InChI is InChI=1S/C15H14ClN3O4/c1-21-11-5-12(22-2)10(4-9(11)16)19-7-8(6-17)13(18)14(19)15(20)23-3/h4-5,7H,18H2,1-3H3. The normalized spacial score (nSPS) is 10.0. The van der Waals surface area contributed by atoms with Crippen molar-refractivity contribution in [3.8, 4) is 23.3 Å². The van der Waals surface area contributed by atoms with Gasteiger partial charge in [0.2, 0.25) is 0 Å². The Morgan fingerprint density at radius 3 is 2.43 bits per heavy atom. The Hall–Kier alpha value is -2.85. The van der Waals surface area contributed by atoms with Gasteiger partial charge < -0.3 is 24.5 Å². The number of esters is 1. The Balaban J connectivity index is 2.79. The number of nitrogens with zero attached hydrogens (tertiary/aromatic N) is 2. The van der Waals surface area contributed by atoms with Crippen molar-refractivity contribution in [2.24, 2.45) is 0 Å². The molecule has 2 aromatic rings. The van der Waals surface area contributed by atoms with Gasteiger partial charge in [0.1, 0.15) is 17.6 Å². The fourth-order valence-corrected chi connectivity index (χ4v) is 2.37. The van der Waals surface area contributed by atoms with Crippen LogP contribution in [0.25, 0.3) is 5.69 Å². The lowest BCUT2D eigenvalue weighted by atomic mass is 10.2. The molecular formula is C15H14ClN3O4. The molecular weight excluding hydrogens is 322 g/mol. The number of aromatic nitrogens is 1. The Morgan fingerprint density at radius 1 is 1.26 bits per heavy atom. The lowest BCUT2D eigenvalue weighted by molar-refractivity contribution is 0.0593. The van der Waals surface area contributed by atoms with Crippen molar-refractivity contribution in [3.63, 3.8) is 0 Å². The number of benzene rings is 1. The molecule has 0 bridgehead atoms. The van der Waals surface area contributed by atoms with E-state index in [0.29, 0.717) is 22.2 Å². The molecule has 23 heavy (non-hydrogen) atoms. The third-order valence-corrected chi connectivity index (χ3v) is 3.55. The molecule has 8 heteroatoms. The van der Waals surface area contributed by atoms with Crippen LogP contribution in [0.3, 0.4) is 0 Å². The van der Waals surface area contributed by atoms with Crippen molar-refractivity contribution in [2.75, 3.05) is 27.1 Å². The quantitative estimate of drug-likeness (QED) is 0.861. The number of carbonyl (C=O) groups is 1. The van der Waals surface area contributed by atoms with E-state index in [4.69, 9.17) is 36.8 Å². The molecule has 7 nitrogen and oxygen atoms in total. The van der Waals surface area contributed by atoms with Crippen molar-refractivity contribution >= 4 is 23.3 Å². The first-order chi connectivity index (χ1) is 11.0. The summed E-state index contributed by atoms with van der Waals surface area (Å²) in [6, 6.07) is 5.05. The number of methoxy groups -OCH3 is 3. The Kier molecular flexibility index (Phi) is 4.67. The number of nitrogen functional groups attached to an aromatic ring is 1. The Labute approximate surface area is 137 Å². The van der Waals surface area contributed by atoms with E-state index in [1.54, 1.807) is 12.1 Å². The average molecular weight is 336 g/mol. The summed E-state index contributed by atoms with van der Waals surface area (Å²) in [6.45, 7) is 0. The highest BCUT2D eigenvalue weighted by Gasteiger charge is 2.24. The lowest BCUT2D eigenvalue weighted by Crippen LogP contribution is -2.11. The van der Waals surface area contributed by atoms with Gasteiger partial charge in [-0.1, -0.05) is 11.6 Å². The maximum absolute atomic E-state index is 12.0. The largest absolute Gasteiger partial charge is 0.495 e. The van der Waals surface area contributed by atoms with Gasteiger partial charge in [0.05, 0.1) is 43.3 Å². The number of nitriles is 1. The highest BCUT2D eigenvalue weighted by atomic mass is 35.5. The monoisotopic (exact) mass is 335 g/mol. The number of ether oxygens (including phenoxy) is 3. The molecule has 0 amide bonds. The number of halogens is 1. The summed E-state index contributed by atoms with van der Waals surface area (Å²) in [4.78, 5) is 12.0. The number of carbonyl (C=O) groups excluding carboxylic acids is 1. The van der Waals surface area contributed by atoms with Gasteiger partial charge in [0.25, 0.3) is 0 Å². The number of anilines is 1. The second-order valence-electron chi connectivity index (χ2n) is 4.44. The van der Waals surface area contributed by atoms with Crippen LogP contribution in [0.5, 0.6) is 11.5 Å². The fraction of sp³-hybridized carbons (Fsp3) is 0.200. The molecule has 0 aliphatic carbocycles. The third kappa shape index (κ3) is 2.76. The molecule has 1 aromatic heterocycles. The van der Waals surface area contributed by atoms with E-state index in [9.17, 15) is 4.79 Å². The molecule has 2 rings (SSSR count). The first-order valence-corrected chi connectivity index (χ1v) is 6.77. The predicted octanol–water partition coefficient (Wildman–Crippen LogP) is 2.39. The molecule has 1 aromatic carbocycles. The maximum atomic E-state index is 12.0. The molecule has 0 atom stereocenters. The molecule has 1 heterocycles. The van der Waals surface area contributed by atoms with Crippen LogP contribution >= 0.6 is 11.6 Å². The first-order valence-electron chi connectivity index (χ1n) is 6.39. The molecule has 120 valence electrons. The second-order valence-corrected chi connectivity index (χ2v) is 4.84. The SMILES string of the molecule is COC(=O)c1c(N)c(C#N)cn1-c1cc(Cl)c(OC)cc1OC. The zero-order chi connectivity index (χ0) is 17.1. The van der Waals surface area contributed by atoms with Gasteiger partial charge in [-0.3, -0.25) is 0 Å². The zero-order valence-corrected chi connectivity index (χ0v) is 13.5. The van der Waals surface area contributed by atoms with E-state index in [-0.39, 0.29) is 16.9 Å². The van der Waals surface area contributed by atoms with Crippen LogP contribution in [0.15, 0.2) is 18.3 Å². The van der Waals surface area contributed by atoms with Crippen LogP contribution < -0.4 is 15.2 Å². The average Bonchev–Trinajstić information content (AvgIpc) is 2.90. The summed E-state index contributed by atoms with van der Waals surface area (Å²) < 4.78 is 16.6. The number of hydrogen-bond donors (Lipinski definition) is 1. The van der Waals surface area contributed by atoms with E-state index in [2.05, 4.69) is 0 Å². The van der Waals surface area contributed by atoms with Crippen molar-refractivity contribution in [2.45, 2.75) is 0 Å². The molecule has 0 radical (unpaired) electrons. The third-order valence-electron chi connectivity index (χ3n) is 3.26. The minimum atomic E-state index is -0.682. The Bertz CT molecular complexity index is 808. The highest BCUT2D eigenvalue weighted by Crippen LogP contribution is 2.37. The minimum Gasteiger partial charge on any atom is -0.495 e. The van der Waals surface area contributed by atoms with Crippen LogP contribution in [0, 0.1) is 11.3 Å². The van der Waals surface area contributed by atoms with Gasteiger partial charge in [0, 0.05) is 12.3 Å². The van der Waals surface area contributed by atoms with Gasteiger partial charge in [-0.25, -0.2) is 4.79 Å². The van der Waals surface area contributed by atoms with E-state index in [1.807, 2.05) is 6.07 Å². The molecule has 0 saturated carbocycles. The molecule has 0 aliphatic heterocycles. The molecule has 0 saturated heterocycles. The van der Waals surface area contributed by atoms with E-state index in [1.165, 1.54) is 32.1 Å². The highest BCUT2D eigenvalue weighted by molar-refractivity contribution is 6.32. The van der Waals surface area contributed by atoms with Crippen LogP contribution in [-0.4, -0.2) is 31.9 Å². The molecule has 2 N–H and O–H groups in total. The van der Waals surface area contributed by atoms with E-state index in [0.717, 1.165) is 0 Å². The van der Waals surface area contributed by atoms with Crippen LogP contribution in [0.4, 0.5) is 5.69 Å². The Morgan fingerprint density at radius 2 is 1.91 bits per heavy atom. The molecule has 0 aliphatic rings. The molecule has 0 unspecified atom stereocenters. The summed E-state index contributed by atoms with van der Waals surface area (Å²) in [5, 5.41) is 9.46. The van der Waals surface area contributed by atoms with E-state index >= 15 is 0 Å². The predicted molar refractivity (Wildman–Crippen MR) is 84.3 cm³/mol. The van der Waals surface area contributed by atoms with Gasteiger partial charge in [-0.2, -0.15) is 5.26 Å². The summed E-state index contributed by atoms with van der Waals surface area (Å²) in [5.41, 5.74) is 6.47. The van der Waals surface area contributed by atoms with Gasteiger partial charge >= 0.3 is 5.97 Å². The van der Waals surface area contributed by atoms with Crippen molar-refractivity contribution in [1.82, 2.24) is 4.57 Å². The summed E-state index contributed by atoms with van der Waals surface area (Å²) in [5.74, 6) is 0.112. The lowest BCUT2D eigenvalue weighted by Gasteiger charge is -2.15. The number of rotatable bonds is 4. The summed E-state index contributed by atoms with van der Waals surface area (Å²) in [6.07, 6.45) is 1.42. The summed E-state index contributed by atoms with van der Waals surface area (Å²) in [7, 11) is 4.16. The second kappa shape index (κ2) is 6.50. The van der Waals surface area contributed by atoms with E-state index < -0.39 is 5.97 Å². The molecule has 0 spiro atoms. The first kappa shape index (κ1) is 16.5. The van der Waals surface area contributed by atoms with Gasteiger partial charge in [-0.05, 0) is 6.07 Å². The zero-order valence-electron chi connectivity index (χ0n) is 12.7. The fourth-order valence-electron chi connectivity index (χ4n) is 2.14. The van der Waals surface area contributed by atoms with Gasteiger partial charge in [0.15, 0.2) is 5.69 Å². The van der Waals surface area contributed by atoms with Crippen molar-refractivity contribution in [3.05, 3.63) is 34.6 Å². The maximum Gasteiger partial charge on any atom is 0.357 e. The van der Waals surface area contributed by atoms with Gasteiger partial charge in [-0.15, -0.1) is 0 Å². The number of hydrogen-bond acceptors (Lipinski definition) is 6.